The van der Waals surface area contributed by atoms with Gasteiger partial charge in [-0.3, -0.25) is 5.32 Å². The van der Waals surface area contributed by atoms with Gasteiger partial charge in [-0.05, 0) is 48.4 Å². The SMILES string of the molecule is Cc1cc(C(C)(C)C)cc(C)c1C1CNC(C)O1. The predicted octanol–water partition coefficient (Wildman–Crippen LogP) is 3.61. The molecule has 1 aromatic carbocycles. The summed E-state index contributed by atoms with van der Waals surface area (Å²) < 4.78 is 5.92. The molecule has 1 fully saturated rings. The van der Waals surface area contributed by atoms with Crippen LogP contribution >= 0.6 is 0 Å². The number of hydrogen-bond acceptors (Lipinski definition) is 2. The smallest absolute Gasteiger partial charge is 0.106 e. The summed E-state index contributed by atoms with van der Waals surface area (Å²) in [7, 11) is 0. The van der Waals surface area contributed by atoms with Crippen LogP contribution in [0, 0.1) is 13.8 Å². The van der Waals surface area contributed by atoms with Gasteiger partial charge in [-0.1, -0.05) is 32.9 Å². The highest BCUT2D eigenvalue weighted by atomic mass is 16.5. The molecule has 0 aliphatic carbocycles. The van der Waals surface area contributed by atoms with E-state index >= 15 is 0 Å². The van der Waals surface area contributed by atoms with Gasteiger partial charge in [0.25, 0.3) is 0 Å². The van der Waals surface area contributed by atoms with Crippen LogP contribution in [-0.4, -0.2) is 12.8 Å². The Morgan fingerprint density at radius 2 is 1.72 bits per heavy atom. The number of aryl methyl sites for hydroxylation is 2. The topological polar surface area (TPSA) is 21.3 Å². The first-order valence-corrected chi connectivity index (χ1v) is 6.79. The van der Waals surface area contributed by atoms with Gasteiger partial charge < -0.3 is 4.74 Å². The zero-order valence-corrected chi connectivity index (χ0v) is 12.4. The van der Waals surface area contributed by atoms with Gasteiger partial charge in [-0.2, -0.15) is 0 Å². The number of rotatable bonds is 1. The Balaban J connectivity index is 2.39. The second-order valence-corrected chi connectivity index (χ2v) is 6.45. The third kappa shape index (κ3) is 2.60. The van der Waals surface area contributed by atoms with Crippen molar-refractivity contribution < 1.29 is 4.74 Å². The van der Waals surface area contributed by atoms with Crippen LogP contribution in [0.15, 0.2) is 12.1 Å². The van der Waals surface area contributed by atoms with Gasteiger partial charge in [0.05, 0.1) is 6.10 Å². The van der Waals surface area contributed by atoms with E-state index in [-0.39, 0.29) is 17.7 Å². The Bertz CT molecular complexity index is 422. The molecule has 0 aromatic heterocycles. The van der Waals surface area contributed by atoms with Crippen LogP contribution in [0.3, 0.4) is 0 Å². The number of hydrogen-bond donors (Lipinski definition) is 1. The second kappa shape index (κ2) is 4.67. The van der Waals surface area contributed by atoms with Crippen LogP contribution in [0.4, 0.5) is 0 Å². The summed E-state index contributed by atoms with van der Waals surface area (Å²) in [4.78, 5) is 0. The summed E-state index contributed by atoms with van der Waals surface area (Å²) >= 11 is 0. The highest BCUT2D eigenvalue weighted by molar-refractivity contribution is 5.42. The van der Waals surface area contributed by atoms with Crippen molar-refractivity contribution in [2.75, 3.05) is 6.54 Å². The Hall–Kier alpha value is -0.860. The van der Waals surface area contributed by atoms with E-state index in [0.717, 1.165) is 6.54 Å². The first kappa shape index (κ1) is 13.6. The maximum atomic E-state index is 5.92. The summed E-state index contributed by atoms with van der Waals surface area (Å²) in [5, 5.41) is 3.35. The molecule has 1 N–H and O–H groups in total. The van der Waals surface area contributed by atoms with Crippen molar-refractivity contribution in [1.82, 2.24) is 5.32 Å². The average molecular weight is 247 g/mol. The molecule has 2 unspecified atom stereocenters. The van der Waals surface area contributed by atoms with Crippen molar-refractivity contribution in [3.63, 3.8) is 0 Å². The molecule has 1 aromatic rings. The summed E-state index contributed by atoms with van der Waals surface area (Å²) in [5.41, 5.74) is 5.66. The number of benzene rings is 1. The molecule has 1 saturated heterocycles. The molecule has 0 bridgehead atoms. The van der Waals surface area contributed by atoms with E-state index < -0.39 is 0 Å². The molecule has 2 rings (SSSR count). The highest BCUT2D eigenvalue weighted by Gasteiger charge is 2.26. The Kier molecular flexibility index (Phi) is 3.52. The summed E-state index contributed by atoms with van der Waals surface area (Å²) in [6.07, 6.45) is 0.366. The van der Waals surface area contributed by atoms with E-state index in [2.05, 4.69) is 59.0 Å². The van der Waals surface area contributed by atoms with E-state index in [0.29, 0.717) is 0 Å². The minimum atomic E-state index is 0.163. The van der Waals surface area contributed by atoms with Crippen molar-refractivity contribution in [2.45, 2.75) is 59.3 Å². The van der Waals surface area contributed by atoms with Crippen LogP contribution in [0.1, 0.15) is 56.1 Å². The lowest BCUT2D eigenvalue weighted by molar-refractivity contribution is 0.0522. The van der Waals surface area contributed by atoms with Gasteiger partial charge in [0.1, 0.15) is 6.23 Å². The molecule has 0 spiro atoms. The molecule has 0 radical (unpaired) electrons. The third-order valence-electron chi connectivity index (χ3n) is 3.74. The lowest BCUT2D eigenvalue weighted by atomic mass is 9.83. The predicted molar refractivity (Wildman–Crippen MR) is 75.9 cm³/mol. The largest absolute Gasteiger partial charge is 0.354 e. The Morgan fingerprint density at radius 3 is 2.11 bits per heavy atom. The van der Waals surface area contributed by atoms with E-state index in [4.69, 9.17) is 4.74 Å². The molecule has 1 heterocycles. The standard InChI is InChI=1S/C16H25NO/c1-10-7-13(16(4,5)6)8-11(2)15(10)14-9-17-12(3)18-14/h7-8,12,14,17H,9H2,1-6H3. The highest BCUT2D eigenvalue weighted by Crippen LogP contribution is 2.32. The summed E-state index contributed by atoms with van der Waals surface area (Å²) in [6, 6.07) is 4.63. The molecule has 1 aliphatic heterocycles. The van der Waals surface area contributed by atoms with Gasteiger partial charge in [-0.15, -0.1) is 0 Å². The van der Waals surface area contributed by atoms with Crippen LogP contribution in [0.5, 0.6) is 0 Å². The molecule has 100 valence electrons. The summed E-state index contributed by atoms with van der Waals surface area (Å²) in [5.74, 6) is 0. The first-order valence-electron chi connectivity index (χ1n) is 6.79. The minimum Gasteiger partial charge on any atom is -0.354 e. The molecule has 0 amide bonds. The van der Waals surface area contributed by atoms with Crippen LogP contribution in [-0.2, 0) is 10.2 Å². The monoisotopic (exact) mass is 247 g/mol. The number of nitrogens with one attached hydrogen (secondary N) is 1. The molecule has 18 heavy (non-hydrogen) atoms. The van der Waals surface area contributed by atoms with Gasteiger partial charge in [-0.25, -0.2) is 0 Å². The number of ether oxygens (including phenoxy) is 1. The van der Waals surface area contributed by atoms with Crippen molar-refractivity contribution in [2.24, 2.45) is 0 Å². The maximum absolute atomic E-state index is 5.92. The van der Waals surface area contributed by atoms with Gasteiger partial charge in [0.2, 0.25) is 0 Å². The van der Waals surface area contributed by atoms with E-state index in [9.17, 15) is 0 Å². The van der Waals surface area contributed by atoms with Crippen molar-refractivity contribution >= 4 is 0 Å². The van der Waals surface area contributed by atoms with Crippen LogP contribution in [0.25, 0.3) is 0 Å². The van der Waals surface area contributed by atoms with E-state index in [1.165, 1.54) is 22.3 Å². The van der Waals surface area contributed by atoms with E-state index in [1.807, 2.05) is 0 Å². The first-order chi connectivity index (χ1) is 8.29. The Labute approximate surface area is 111 Å². The molecular weight excluding hydrogens is 222 g/mol. The zero-order valence-electron chi connectivity index (χ0n) is 12.4. The van der Waals surface area contributed by atoms with Gasteiger partial charge in [0.15, 0.2) is 0 Å². The average Bonchev–Trinajstić information content (AvgIpc) is 2.62. The molecule has 0 saturated carbocycles. The van der Waals surface area contributed by atoms with Gasteiger partial charge >= 0.3 is 0 Å². The van der Waals surface area contributed by atoms with Crippen molar-refractivity contribution in [3.8, 4) is 0 Å². The van der Waals surface area contributed by atoms with Gasteiger partial charge in [0, 0.05) is 6.54 Å². The maximum Gasteiger partial charge on any atom is 0.106 e. The van der Waals surface area contributed by atoms with Crippen LogP contribution < -0.4 is 5.32 Å². The molecule has 2 atom stereocenters. The molecule has 2 nitrogen and oxygen atoms in total. The Morgan fingerprint density at radius 1 is 1.17 bits per heavy atom. The van der Waals surface area contributed by atoms with Crippen molar-refractivity contribution in [1.29, 1.82) is 0 Å². The minimum absolute atomic E-state index is 0.163. The molecular formula is C16H25NO. The lowest BCUT2D eigenvalue weighted by Gasteiger charge is -2.24. The van der Waals surface area contributed by atoms with Crippen LogP contribution in [0.2, 0.25) is 0 Å². The lowest BCUT2D eigenvalue weighted by Crippen LogP contribution is -2.17. The summed E-state index contributed by atoms with van der Waals surface area (Å²) in [6.45, 7) is 14.2. The normalized spacial score (nSPS) is 24.6. The molecule has 2 heteroatoms. The quantitative estimate of drug-likeness (QED) is 0.818. The fourth-order valence-corrected chi connectivity index (χ4v) is 2.70. The van der Waals surface area contributed by atoms with Crippen molar-refractivity contribution in [3.05, 3.63) is 34.4 Å². The fourth-order valence-electron chi connectivity index (χ4n) is 2.70. The zero-order chi connectivity index (χ0) is 13.5. The third-order valence-corrected chi connectivity index (χ3v) is 3.74. The molecule has 1 aliphatic rings. The second-order valence-electron chi connectivity index (χ2n) is 6.45. The fraction of sp³-hybridized carbons (Fsp3) is 0.625. The van der Waals surface area contributed by atoms with E-state index in [1.54, 1.807) is 0 Å².